The number of pyridine rings is 1. The van der Waals surface area contributed by atoms with Crippen LogP contribution in [0.15, 0.2) is 82.2 Å². The van der Waals surface area contributed by atoms with Crippen molar-refractivity contribution in [1.82, 2.24) is 4.98 Å². The molecule has 2 nitrogen and oxygen atoms in total. The van der Waals surface area contributed by atoms with Crippen molar-refractivity contribution in [3.05, 3.63) is 93.5 Å². The Kier molecular flexibility index (Phi) is 5.54. The molecule has 0 aliphatic rings. The smallest absolute Gasteiger partial charge is 0.211 e. The summed E-state index contributed by atoms with van der Waals surface area (Å²) < 4.78 is 1.01. The van der Waals surface area contributed by atoms with Crippen molar-refractivity contribution in [3.63, 3.8) is 0 Å². The molecular formula is C23H15BrClNOS. The van der Waals surface area contributed by atoms with E-state index in [1.54, 1.807) is 36.0 Å². The molecule has 0 aliphatic heterocycles. The molecule has 0 saturated carbocycles. The lowest BCUT2D eigenvalue weighted by atomic mass is 9.98. The molecule has 0 unspecified atom stereocenters. The van der Waals surface area contributed by atoms with Gasteiger partial charge in [0.05, 0.1) is 5.52 Å². The topological polar surface area (TPSA) is 30.0 Å². The number of benzene rings is 3. The van der Waals surface area contributed by atoms with Crippen LogP contribution in [-0.2, 0) is 0 Å². The van der Waals surface area contributed by atoms with Gasteiger partial charge in [-0.25, -0.2) is 4.98 Å². The average Bonchev–Trinajstić information content (AvgIpc) is 2.73. The molecule has 3 aromatic carbocycles. The standard InChI is InChI=1S/C23H15BrClNOS/c1-28-18-10-11-21-20(12-18)19(14-2-6-16(24)7-3-14)13-22(26-21)23(27)15-4-8-17(25)9-5-15/h2-13H,1H3. The van der Waals surface area contributed by atoms with Crippen LogP contribution in [0.3, 0.4) is 0 Å². The zero-order valence-corrected chi connectivity index (χ0v) is 18.1. The van der Waals surface area contributed by atoms with E-state index in [-0.39, 0.29) is 5.78 Å². The van der Waals surface area contributed by atoms with Crippen LogP contribution in [0.4, 0.5) is 0 Å². The van der Waals surface area contributed by atoms with E-state index in [0.717, 1.165) is 31.4 Å². The van der Waals surface area contributed by atoms with Crippen LogP contribution in [0.1, 0.15) is 16.1 Å². The molecule has 0 saturated heterocycles. The molecule has 0 amide bonds. The Morgan fingerprint density at radius 2 is 1.68 bits per heavy atom. The summed E-state index contributed by atoms with van der Waals surface area (Å²) >= 11 is 11.1. The number of carbonyl (C=O) groups is 1. The van der Waals surface area contributed by atoms with E-state index >= 15 is 0 Å². The van der Waals surface area contributed by atoms with Gasteiger partial charge >= 0.3 is 0 Å². The molecule has 1 aromatic heterocycles. The van der Waals surface area contributed by atoms with Crippen LogP contribution in [0.2, 0.25) is 5.02 Å². The number of hydrogen-bond donors (Lipinski definition) is 0. The van der Waals surface area contributed by atoms with E-state index in [1.165, 1.54) is 0 Å². The van der Waals surface area contributed by atoms with Crippen LogP contribution in [0.25, 0.3) is 22.0 Å². The van der Waals surface area contributed by atoms with E-state index in [4.69, 9.17) is 11.6 Å². The summed E-state index contributed by atoms with van der Waals surface area (Å²) in [5, 5.41) is 1.63. The quantitative estimate of drug-likeness (QED) is 0.233. The van der Waals surface area contributed by atoms with Gasteiger partial charge in [-0.05, 0) is 78.0 Å². The second kappa shape index (κ2) is 8.08. The van der Waals surface area contributed by atoms with Crippen molar-refractivity contribution in [2.24, 2.45) is 0 Å². The number of rotatable bonds is 4. The molecule has 5 heteroatoms. The lowest BCUT2D eigenvalue weighted by Crippen LogP contribution is -2.05. The zero-order valence-electron chi connectivity index (χ0n) is 14.9. The number of ketones is 1. The van der Waals surface area contributed by atoms with Gasteiger partial charge in [0, 0.05) is 25.3 Å². The molecule has 0 atom stereocenters. The molecule has 4 aromatic rings. The monoisotopic (exact) mass is 467 g/mol. The summed E-state index contributed by atoms with van der Waals surface area (Å²) in [6.07, 6.45) is 2.05. The maximum atomic E-state index is 13.0. The molecule has 1 heterocycles. The highest BCUT2D eigenvalue weighted by Gasteiger charge is 2.15. The van der Waals surface area contributed by atoms with Gasteiger partial charge in [-0.3, -0.25) is 4.79 Å². The maximum Gasteiger partial charge on any atom is 0.211 e. The van der Waals surface area contributed by atoms with Crippen LogP contribution in [0.5, 0.6) is 0 Å². The summed E-state index contributed by atoms with van der Waals surface area (Å²) in [6, 6.07) is 23.0. The van der Waals surface area contributed by atoms with Crippen LogP contribution in [-0.4, -0.2) is 17.0 Å². The zero-order chi connectivity index (χ0) is 19.7. The van der Waals surface area contributed by atoms with Crippen LogP contribution < -0.4 is 0 Å². The largest absolute Gasteiger partial charge is 0.287 e. The first-order valence-corrected chi connectivity index (χ1v) is 11.0. The molecular weight excluding hydrogens is 454 g/mol. The Hall–Kier alpha value is -2.14. The van der Waals surface area contributed by atoms with Gasteiger partial charge in [0.2, 0.25) is 5.78 Å². The second-order valence-corrected chi connectivity index (χ2v) is 8.51. The van der Waals surface area contributed by atoms with Gasteiger partial charge in [0.1, 0.15) is 5.69 Å². The fraction of sp³-hybridized carbons (Fsp3) is 0.0435. The Bertz CT molecular complexity index is 1170. The first-order chi connectivity index (χ1) is 13.5. The third kappa shape index (κ3) is 3.86. The summed E-state index contributed by atoms with van der Waals surface area (Å²) in [7, 11) is 0. The Morgan fingerprint density at radius 1 is 0.964 bits per heavy atom. The molecule has 0 spiro atoms. The predicted octanol–water partition coefficient (Wildman–Crippen LogP) is 7.27. The summed E-state index contributed by atoms with van der Waals surface area (Å²) in [4.78, 5) is 18.9. The lowest BCUT2D eigenvalue weighted by molar-refractivity contribution is 0.103. The fourth-order valence-electron chi connectivity index (χ4n) is 3.07. The molecule has 0 bridgehead atoms. The van der Waals surface area contributed by atoms with Crippen molar-refractivity contribution < 1.29 is 4.79 Å². The summed E-state index contributed by atoms with van der Waals surface area (Å²) in [6.45, 7) is 0. The molecule has 4 rings (SSSR count). The van der Waals surface area contributed by atoms with Crippen molar-refractivity contribution in [2.75, 3.05) is 6.26 Å². The second-order valence-electron chi connectivity index (χ2n) is 6.28. The lowest BCUT2D eigenvalue weighted by Gasteiger charge is -2.11. The van der Waals surface area contributed by atoms with Gasteiger partial charge in [-0.2, -0.15) is 0 Å². The van der Waals surface area contributed by atoms with E-state index in [1.807, 2.05) is 48.7 Å². The molecule has 138 valence electrons. The number of nitrogens with zero attached hydrogens (tertiary/aromatic N) is 1. The van der Waals surface area contributed by atoms with E-state index < -0.39 is 0 Å². The maximum absolute atomic E-state index is 13.0. The van der Waals surface area contributed by atoms with Crippen LogP contribution in [0, 0.1) is 0 Å². The van der Waals surface area contributed by atoms with E-state index in [2.05, 4.69) is 27.0 Å². The number of fused-ring (bicyclic) bond motifs is 1. The Labute approximate surface area is 181 Å². The highest BCUT2D eigenvalue weighted by Crippen LogP contribution is 2.32. The number of carbonyl (C=O) groups excluding carboxylic acids is 1. The minimum Gasteiger partial charge on any atom is -0.287 e. The van der Waals surface area contributed by atoms with Crippen molar-refractivity contribution in [2.45, 2.75) is 4.90 Å². The minimum atomic E-state index is -0.120. The highest BCUT2D eigenvalue weighted by atomic mass is 79.9. The molecule has 0 fully saturated rings. The van der Waals surface area contributed by atoms with Gasteiger partial charge < -0.3 is 0 Å². The van der Waals surface area contributed by atoms with Crippen LogP contribution >= 0.6 is 39.3 Å². The normalized spacial score (nSPS) is 11.0. The first kappa shape index (κ1) is 19.2. The number of thioether (sulfide) groups is 1. The SMILES string of the molecule is CSc1ccc2nc(C(=O)c3ccc(Cl)cc3)cc(-c3ccc(Br)cc3)c2c1. The van der Waals surface area contributed by atoms with Gasteiger partial charge in [0.15, 0.2) is 0 Å². The van der Waals surface area contributed by atoms with E-state index in [9.17, 15) is 4.79 Å². The number of hydrogen-bond acceptors (Lipinski definition) is 3. The van der Waals surface area contributed by atoms with Gasteiger partial charge in [-0.15, -0.1) is 11.8 Å². The average molecular weight is 469 g/mol. The summed E-state index contributed by atoms with van der Waals surface area (Å²) in [5.74, 6) is -0.120. The van der Waals surface area contributed by atoms with Crippen molar-refractivity contribution in [3.8, 4) is 11.1 Å². The first-order valence-electron chi connectivity index (χ1n) is 8.60. The number of aromatic nitrogens is 1. The number of halogens is 2. The van der Waals surface area contributed by atoms with Gasteiger partial charge in [0.25, 0.3) is 0 Å². The predicted molar refractivity (Wildman–Crippen MR) is 122 cm³/mol. The van der Waals surface area contributed by atoms with Crippen molar-refractivity contribution in [1.29, 1.82) is 0 Å². The summed E-state index contributed by atoms with van der Waals surface area (Å²) in [5.41, 5.74) is 3.82. The molecule has 0 aliphatic carbocycles. The van der Waals surface area contributed by atoms with E-state index in [0.29, 0.717) is 16.3 Å². The minimum absolute atomic E-state index is 0.120. The Balaban J connectivity index is 1.92. The Morgan fingerprint density at radius 3 is 2.36 bits per heavy atom. The molecule has 0 radical (unpaired) electrons. The van der Waals surface area contributed by atoms with Crippen molar-refractivity contribution >= 4 is 56.0 Å². The highest BCUT2D eigenvalue weighted by molar-refractivity contribution is 9.10. The third-order valence-corrected chi connectivity index (χ3v) is 6.02. The fourth-order valence-corrected chi connectivity index (χ4v) is 3.90. The van der Waals surface area contributed by atoms with Gasteiger partial charge in [-0.1, -0.05) is 39.7 Å². The molecule has 28 heavy (non-hydrogen) atoms. The molecule has 0 N–H and O–H groups in total. The third-order valence-electron chi connectivity index (χ3n) is 4.51.